The van der Waals surface area contributed by atoms with Crippen LogP contribution in [0, 0.1) is 15.9 Å². The summed E-state index contributed by atoms with van der Waals surface area (Å²) in [7, 11) is -0.908. The Morgan fingerprint density at radius 1 is 1.50 bits per heavy atom. The second kappa shape index (κ2) is 4.33. The molecule has 2 rings (SSSR count). The minimum absolute atomic E-state index is 0.0571. The highest BCUT2D eigenvalue weighted by Crippen LogP contribution is 2.27. The smallest absolute Gasteiger partial charge is 0.402 e. The Hall–Kier alpha value is -1.47. The molecule has 1 heterocycles. The zero-order valence-corrected chi connectivity index (χ0v) is 10.3. The van der Waals surface area contributed by atoms with Crippen molar-refractivity contribution in [1.82, 2.24) is 0 Å². The lowest BCUT2D eigenvalue weighted by Crippen LogP contribution is -2.36. The van der Waals surface area contributed by atoms with Crippen LogP contribution in [0.15, 0.2) is 18.2 Å². The summed E-state index contributed by atoms with van der Waals surface area (Å²) in [6.45, 7) is 5.47. The molecule has 0 aromatic heterocycles. The number of nitro groups is 1. The number of rotatable bonds is 2. The first-order chi connectivity index (χ1) is 8.31. The predicted molar refractivity (Wildman–Crippen MR) is 64.2 cm³/mol. The molecular formula is C11H13BFNO4. The molecule has 1 aliphatic rings. The number of halogens is 1. The fourth-order valence-electron chi connectivity index (χ4n) is 1.71. The van der Waals surface area contributed by atoms with Crippen LogP contribution in [-0.4, -0.2) is 23.7 Å². The summed E-state index contributed by atoms with van der Waals surface area (Å²) in [5.74, 6) is -0.574. The maximum atomic E-state index is 13.7. The molecule has 1 aromatic rings. The highest BCUT2D eigenvalue weighted by atomic mass is 19.1. The molecule has 0 N–H and O–H groups in total. The van der Waals surface area contributed by atoms with Gasteiger partial charge in [0.1, 0.15) is 5.82 Å². The minimum atomic E-state index is -0.908. The maximum Gasteiger partial charge on any atom is 0.497 e. The van der Waals surface area contributed by atoms with Crippen LogP contribution < -0.4 is 5.46 Å². The molecule has 1 saturated heterocycles. The summed E-state index contributed by atoms with van der Waals surface area (Å²) in [5.41, 5.74) is -0.681. The number of nitro benzene ring substituents is 1. The van der Waals surface area contributed by atoms with Gasteiger partial charge in [-0.3, -0.25) is 10.1 Å². The van der Waals surface area contributed by atoms with E-state index in [-0.39, 0.29) is 17.3 Å². The van der Waals surface area contributed by atoms with E-state index in [2.05, 4.69) is 0 Å². The van der Waals surface area contributed by atoms with Crippen molar-refractivity contribution < 1.29 is 18.6 Å². The van der Waals surface area contributed by atoms with Crippen LogP contribution in [0.2, 0.25) is 0 Å². The minimum Gasteiger partial charge on any atom is -0.402 e. The van der Waals surface area contributed by atoms with Crippen molar-refractivity contribution in [2.75, 3.05) is 0 Å². The Bertz CT molecular complexity index is 494. The predicted octanol–water partition coefficient (Wildman–Crippen LogP) is 1.64. The average molecular weight is 253 g/mol. The summed E-state index contributed by atoms with van der Waals surface area (Å²) >= 11 is 0. The highest BCUT2D eigenvalue weighted by molar-refractivity contribution is 6.62. The Morgan fingerprint density at radius 3 is 2.67 bits per heavy atom. The Balaban J connectivity index is 2.34. The third-order valence-electron chi connectivity index (χ3n) is 3.16. The molecule has 0 saturated carbocycles. The van der Waals surface area contributed by atoms with E-state index in [1.165, 1.54) is 0 Å². The van der Waals surface area contributed by atoms with Gasteiger partial charge in [0.15, 0.2) is 0 Å². The van der Waals surface area contributed by atoms with E-state index >= 15 is 0 Å². The largest absolute Gasteiger partial charge is 0.497 e. The second-order valence-electron chi connectivity index (χ2n) is 4.79. The van der Waals surface area contributed by atoms with E-state index in [1.807, 2.05) is 20.8 Å². The molecular weight excluding hydrogens is 240 g/mol. The Kier molecular flexibility index (Phi) is 3.12. The molecule has 1 aromatic carbocycles. The third-order valence-corrected chi connectivity index (χ3v) is 3.16. The average Bonchev–Trinajstić information content (AvgIpc) is 2.53. The monoisotopic (exact) mass is 253 g/mol. The van der Waals surface area contributed by atoms with Gasteiger partial charge in [0.25, 0.3) is 5.69 Å². The molecule has 0 radical (unpaired) electrons. The lowest BCUT2D eigenvalue weighted by Gasteiger charge is -2.21. The summed E-state index contributed by atoms with van der Waals surface area (Å²) in [4.78, 5) is 10.1. The molecule has 1 fully saturated rings. The molecule has 1 atom stereocenters. The molecule has 96 valence electrons. The SMILES string of the molecule is CC1OB(c2cc([N+](=O)[O-])ccc2F)OC1(C)C. The molecule has 1 aliphatic heterocycles. The van der Waals surface area contributed by atoms with Crippen molar-refractivity contribution in [3.8, 4) is 0 Å². The highest BCUT2D eigenvalue weighted by Gasteiger charge is 2.45. The van der Waals surface area contributed by atoms with Crippen molar-refractivity contribution >= 4 is 18.3 Å². The Labute approximate surface area is 104 Å². The van der Waals surface area contributed by atoms with Gasteiger partial charge in [-0.2, -0.15) is 0 Å². The van der Waals surface area contributed by atoms with Crippen molar-refractivity contribution in [2.24, 2.45) is 0 Å². The van der Waals surface area contributed by atoms with Gasteiger partial charge in [-0.05, 0) is 26.8 Å². The number of nitrogens with zero attached hydrogens (tertiary/aromatic N) is 1. The third kappa shape index (κ3) is 2.23. The van der Waals surface area contributed by atoms with Gasteiger partial charge in [-0.1, -0.05) is 0 Å². The molecule has 18 heavy (non-hydrogen) atoms. The van der Waals surface area contributed by atoms with Crippen LogP contribution in [0.3, 0.4) is 0 Å². The number of hydrogen-bond acceptors (Lipinski definition) is 4. The van der Waals surface area contributed by atoms with Crippen molar-refractivity contribution in [1.29, 1.82) is 0 Å². The number of non-ortho nitro benzene ring substituents is 1. The van der Waals surface area contributed by atoms with Gasteiger partial charge >= 0.3 is 7.12 Å². The lowest BCUT2D eigenvalue weighted by atomic mass is 9.78. The van der Waals surface area contributed by atoms with Gasteiger partial charge in [0, 0.05) is 17.6 Å². The molecule has 0 bridgehead atoms. The molecule has 0 spiro atoms. The summed E-state index contributed by atoms with van der Waals surface area (Å²) in [5, 5.41) is 10.7. The fraction of sp³-hybridized carbons (Fsp3) is 0.455. The standard InChI is InChI=1S/C11H13BFNO4/c1-7-11(2,3)18-12(17-7)9-6-8(14(15)16)4-5-10(9)13/h4-7H,1-3H3. The van der Waals surface area contributed by atoms with E-state index in [9.17, 15) is 14.5 Å². The molecule has 1 unspecified atom stereocenters. The summed E-state index contributed by atoms with van der Waals surface area (Å²) in [6, 6.07) is 3.31. The van der Waals surface area contributed by atoms with E-state index < -0.39 is 23.5 Å². The first-order valence-electron chi connectivity index (χ1n) is 5.58. The van der Waals surface area contributed by atoms with Crippen molar-refractivity contribution in [2.45, 2.75) is 32.5 Å². The van der Waals surface area contributed by atoms with Crippen molar-refractivity contribution in [3.63, 3.8) is 0 Å². The van der Waals surface area contributed by atoms with Gasteiger partial charge < -0.3 is 9.31 Å². The van der Waals surface area contributed by atoms with Crippen LogP contribution in [-0.2, 0) is 9.31 Å². The van der Waals surface area contributed by atoms with E-state index in [1.54, 1.807) is 0 Å². The van der Waals surface area contributed by atoms with Gasteiger partial charge in [-0.15, -0.1) is 0 Å². The molecule has 7 heteroatoms. The normalized spacial score (nSPS) is 22.2. The van der Waals surface area contributed by atoms with E-state index in [4.69, 9.17) is 9.31 Å². The van der Waals surface area contributed by atoms with Crippen LogP contribution in [0.4, 0.5) is 10.1 Å². The zero-order valence-electron chi connectivity index (χ0n) is 10.3. The first kappa shape index (κ1) is 13.0. The Morgan fingerprint density at radius 2 is 2.17 bits per heavy atom. The van der Waals surface area contributed by atoms with Gasteiger partial charge in [0.05, 0.1) is 16.6 Å². The maximum absolute atomic E-state index is 13.7. The summed E-state index contributed by atoms with van der Waals surface area (Å²) < 4.78 is 24.8. The number of benzene rings is 1. The summed E-state index contributed by atoms with van der Waals surface area (Å²) in [6.07, 6.45) is -0.221. The van der Waals surface area contributed by atoms with Crippen LogP contribution in [0.1, 0.15) is 20.8 Å². The van der Waals surface area contributed by atoms with Crippen LogP contribution in [0.25, 0.3) is 0 Å². The van der Waals surface area contributed by atoms with Crippen LogP contribution in [0.5, 0.6) is 0 Å². The van der Waals surface area contributed by atoms with Crippen LogP contribution >= 0.6 is 0 Å². The van der Waals surface area contributed by atoms with E-state index in [0.29, 0.717) is 0 Å². The molecule has 0 aliphatic carbocycles. The zero-order chi connectivity index (χ0) is 13.5. The van der Waals surface area contributed by atoms with E-state index in [0.717, 1.165) is 18.2 Å². The second-order valence-corrected chi connectivity index (χ2v) is 4.79. The lowest BCUT2D eigenvalue weighted by molar-refractivity contribution is -0.384. The van der Waals surface area contributed by atoms with Gasteiger partial charge in [-0.25, -0.2) is 4.39 Å². The first-order valence-corrected chi connectivity index (χ1v) is 5.58. The quantitative estimate of drug-likeness (QED) is 0.456. The fourth-order valence-corrected chi connectivity index (χ4v) is 1.71. The van der Waals surface area contributed by atoms with Gasteiger partial charge in [0.2, 0.25) is 0 Å². The number of hydrogen-bond donors (Lipinski definition) is 0. The topological polar surface area (TPSA) is 61.6 Å². The molecule has 5 nitrogen and oxygen atoms in total. The molecule has 0 amide bonds. The van der Waals surface area contributed by atoms with Crippen molar-refractivity contribution in [3.05, 3.63) is 34.1 Å².